The number of carbonyl (C=O) groups is 1. The van der Waals surface area contributed by atoms with Crippen LogP contribution in [0.1, 0.15) is 36.2 Å². The molecule has 0 aliphatic carbocycles. The summed E-state index contributed by atoms with van der Waals surface area (Å²) in [7, 11) is 0. The van der Waals surface area contributed by atoms with Crippen molar-refractivity contribution in [2.45, 2.75) is 25.8 Å². The fourth-order valence-electron chi connectivity index (χ4n) is 2.06. The number of nitrogens with one attached hydrogen (secondary N) is 1. The first-order valence-corrected chi connectivity index (χ1v) is 9.74. The van der Waals surface area contributed by atoms with Gasteiger partial charge in [-0.1, -0.05) is 0 Å². The molecule has 1 aromatic heterocycles. The molecule has 126 valence electrons. The maximum absolute atomic E-state index is 13.5. The second-order valence-corrected chi connectivity index (χ2v) is 8.34. The molecule has 4 nitrogen and oxygen atoms in total. The van der Waals surface area contributed by atoms with Gasteiger partial charge in [-0.05, 0) is 0 Å². The van der Waals surface area contributed by atoms with E-state index >= 15 is 0 Å². The van der Waals surface area contributed by atoms with Gasteiger partial charge in [0.15, 0.2) is 0 Å². The van der Waals surface area contributed by atoms with E-state index in [1.165, 1.54) is 12.1 Å². The van der Waals surface area contributed by atoms with Crippen LogP contribution in [0.15, 0.2) is 36.5 Å². The zero-order chi connectivity index (χ0) is 18.4. The van der Waals surface area contributed by atoms with Crippen molar-refractivity contribution in [1.82, 2.24) is 10.3 Å². The van der Waals surface area contributed by atoms with Gasteiger partial charge in [-0.3, -0.25) is 0 Å². The first-order chi connectivity index (χ1) is 11.9. The van der Waals surface area contributed by atoms with Crippen LogP contribution >= 0.6 is 0 Å². The average molecular weight is 397 g/mol. The summed E-state index contributed by atoms with van der Waals surface area (Å²) in [5, 5.41) is 11.8. The van der Waals surface area contributed by atoms with Crippen molar-refractivity contribution >= 4 is 30.5 Å². The van der Waals surface area contributed by atoms with Gasteiger partial charge < -0.3 is 0 Å². The molecule has 0 saturated carbocycles. The number of benzene rings is 1. The van der Waals surface area contributed by atoms with Crippen molar-refractivity contribution in [3.8, 4) is 18.4 Å². The fourth-order valence-corrected chi connectivity index (χ4v) is 4.42. The summed E-state index contributed by atoms with van der Waals surface area (Å²) in [6.45, 7) is 3.69. The summed E-state index contributed by atoms with van der Waals surface area (Å²) < 4.78 is 15.0. The van der Waals surface area contributed by atoms with Crippen molar-refractivity contribution in [2.24, 2.45) is 0 Å². The molecule has 0 aliphatic rings. The van der Waals surface area contributed by atoms with Crippen molar-refractivity contribution < 1.29 is 9.18 Å². The van der Waals surface area contributed by atoms with E-state index < -0.39 is 27.1 Å². The van der Waals surface area contributed by atoms with E-state index in [0.717, 1.165) is 4.35 Å². The van der Waals surface area contributed by atoms with Gasteiger partial charge in [-0.2, -0.15) is 0 Å². The molecular formula is C19H17AsFN3O. The topological polar surface area (TPSA) is 65.8 Å². The number of hydrogen-bond acceptors (Lipinski definition) is 3. The molecule has 1 unspecified atom stereocenters. The Hall–Kier alpha value is -2.62. The quantitative estimate of drug-likeness (QED) is 0.605. The minimum absolute atomic E-state index is 0.00549. The summed E-state index contributed by atoms with van der Waals surface area (Å²) in [6.07, 6.45) is 7.73. The SMILES string of the molecule is C#C[C@](C)(CC)NC(=O)c1cccnc1[AsH]c1ccc(F)c(C#N)c1. The van der Waals surface area contributed by atoms with Gasteiger partial charge in [0.1, 0.15) is 0 Å². The third-order valence-corrected chi connectivity index (χ3v) is 6.41. The van der Waals surface area contributed by atoms with Crippen LogP contribution in [0.4, 0.5) is 4.39 Å². The van der Waals surface area contributed by atoms with Gasteiger partial charge in [0.05, 0.1) is 0 Å². The van der Waals surface area contributed by atoms with Crippen LogP contribution in [0.5, 0.6) is 0 Å². The summed E-state index contributed by atoms with van der Waals surface area (Å²) in [5.41, 5.74) is -0.275. The molecule has 0 saturated heterocycles. The van der Waals surface area contributed by atoms with Gasteiger partial charge in [-0.15, -0.1) is 0 Å². The van der Waals surface area contributed by atoms with E-state index in [1.807, 2.05) is 13.0 Å². The Morgan fingerprint density at radius 2 is 2.24 bits per heavy atom. The summed E-state index contributed by atoms with van der Waals surface area (Å²) >= 11 is -1.01. The molecule has 0 spiro atoms. The number of rotatable bonds is 5. The van der Waals surface area contributed by atoms with Gasteiger partial charge in [0.2, 0.25) is 0 Å². The number of nitrogens with zero attached hydrogens (tertiary/aromatic N) is 2. The molecule has 6 heteroatoms. The Morgan fingerprint density at radius 1 is 1.48 bits per heavy atom. The third kappa shape index (κ3) is 4.47. The Bertz CT molecular complexity index is 885. The van der Waals surface area contributed by atoms with Crippen molar-refractivity contribution in [3.05, 3.63) is 53.5 Å². The second-order valence-electron chi connectivity index (χ2n) is 5.62. The first kappa shape index (κ1) is 18.7. The Balaban J connectivity index is 2.31. The molecular weight excluding hydrogens is 380 g/mol. The monoisotopic (exact) mass is 397 g/mol. The zero-order valence-corrected chi connectivity index (χ0v) is 16.0. The molecule has 0 fully saturated rings. The van der Waals surface area contributed by atoms with E-state index in [4.69, 9.17) is 11.7 Å². The molecule has 25 heavy (non-hydrogen) atoms. The maximum atomic E-state index is 13.5. The van der Waals surface area contributed by atoms with Gasteiger partial charge in [-0.25, -0.2) is 0 Å². The number of nitriles is 1. The van der Waals surface area contributed by atoms with Crippen LogP contribution in [0.25, 0.3) is 0 Å². The number of carbonyl (C=O) groups excluding carboxylic acids is 1. The number of amides is 1. The molecule has 0 bridgehead atoms. The molecule has 0 aliphatic heterocycles. The molecule has 2 rings (SSSR count). The van der Waals surface area contributed by atoms with E-state index in [1.54, 1.807) is 31.3 Å². The standard InChI is InChI=1S/C19H17AsFN3O/c1-4-19(3,5-2)24-18(25)15-7-6-10-23-17(15)20-14-8-9-16(21)13(11-14)12-22/h1,6-11,20H,5H2,2-3H3,(H,24,25)/t19-/m1/s1. The number of terminal acetylenes is 1. The van der Waals surface area contributed by atoms with Crippen LogP contribution < -0.4 is 14.1 Å². The van der Waals surface area contributed by atoms with Crippen LogP contribution in [-0.4, -0.2) is 32.2 Å². The van der Waals surface area contributed by atoms with Crippen molar-refractivity contribution in [3.63, 3.8) is 0 Å². The van der Waals surface area contributed by atoms with Crippen molar-refractivity contribution in [1.29, 1.82) is 5.26 Å². The van der Waals surface area contributed by atoms with Crippen LogP contribution in [0, 0.1) is 29.5 Å². The zero-order valence-electron chi connectivity index (χ0n) is 13.9. The second kappa shape index (κ2) is 7.97. The van der Waals surface area contributed by atoms with E-state index in [0.29, 0.717) is 16.5 Å². The molecule has 2 aromatic rings. The average Bonchev–Trinajstić information content (AvgIpc) is 2.63. The molecule has 1 aromatic carbocycles. The predicted molar refractivity (Wildman–Crippen MR) is 96.8 cm³/mol. The van der Waals surface area contributed by atoms with E-state index in [9.17, 15) is 9.18 Å². The molecule has 1 N–H and O–H groups in total. The molecule has 1 amide bonds. The summed E-state index contributed by atoms with van der Waals surface area (Å²) in [5.74, 6) is 1.77. The predicted octanol–water partition coefficient (Wildman–Crippen LogP) is 1.01. The number of hydrogen-bond donors (Lipinski definition) is 1. The Labute approximate surface area is 153 Å². The van der Waals surface area contributed by atoms with E-state index in [2.05, 4.69) is 16.2 Å². The number of halogens is 1. The molecule has 2 atom stereocenters. The summed E-state index contributed by atoms with van der Waals surface area (Å²) in [6, 6.07) is 9.63. The number of pyridine rings is 1. The third-order valence-electron chi connectivity index (χ3n) is 3.82. The minimum atomic E-state index is -1.01. The first-order valence-electron chi connectivity index (χ1n) is 7.64. The normalized spacial score (nSPS) is 13.0. The molecule has 0 radical (unpaired) electrons. The summed E-state index contributed by atoms with van der Waals surface area (Å²) in [4.78, 5) is 16.9. The Morgan fingerprint density at radius 3 is 2.88 bits per heavy atom. The van der Waals surface area contributed by atoms with Crippen LogP contribution in [0.2, 0.25) is 0 Å². The number of aromatic nitrogens is 1. The van der Waals surface area contributed by atoms with Crippen LogP contribution in [-0.2, 0) is 0 Å². The van der Waals surface area contributed by atoms with E-state index in [-0.39, 0.29) is 11.5 Å². The van der Waals surface area contributed by atoms with Gasteiger partial charge in [0, 0.05) is 0 Å². The van der Waals surface area contributed by atoms with Crippen molar-refractivity contribution in [2.75, 3.05) is 0 Å². The molecule has 1 heterocycles. The van der Waals surface area contributed by atoms with Gasteiger partial charge in [0.25, 0.3) is 0 Å². The Kier molecular flexibility index (Phi) is 5.96. The van der Waals surface area contributed by atoms with Crippen LogP contribution in [0.3, 0.4) is 0 Å². The fraction of sp³-hybridized carbons (Fsp3) is 0.211. The van der Waals surface area contributed by atoms with Gasteiger partial charge >= 0.3 is 153 Å².